The van der Waals surface area contributed by atoms with Gasteiger partial charge in [0.25, 0.3) is 0 Å². The number of hydrogen-bond acceptors (Lipinski definition) is 2. The van der Waals surface area contributed by atoms with Crippen molar-refractivity contribution in [3.8, 4) is 0 Å². The summed E-state index contributed by atoms with van der Waals surface area (Å²) in [6, 6.07) is 8.23. The van der Waals surface area contributed by atoms with Crippen molar-refractivity contribution in [2.75, 3.05) is 6.54 Å². The van der Waals surface area contributed by atoms with Crippen LogP contribution in [0.4, 0.5) is 0 Å². The maximum atomic E-state index is 12.3. The van der Waals surface area contributed by atoms with Gasteiger partial charge in [-0.15, -0.1) is 0 Å². The van der Waals surface area contributed by atoms with E-state index in [-0.39, 0.29) is 17.4 Å². The van der Waals surface area contributed by atoms with E-state index in [1.807, 2.05) is 12.1 Å². The van der Waals surface area contributed by atoms with Crippen LogP contribution in [0.5, 0.6) is 0 Å². The Hall–Kier alpha value is -1.35. The minimum atomic E-state index is -0.0999. The molecule has 0 bridgehead atoms. The van der Waals surface area contributed by atoms with E-state index in [4.69, 9.17) is 0 Å². The highest BCUT2D eigenvalue weighted by Gasteiger charge is 2.25. The smallest absolute Gasteiger partial charge is 0.237 e. The van der Waals surface area contributed by atoms with Gasteiger partial charge in [-0.2, -0.15) is 0 Å². The topological polar surface area (TPSA) is 41.1 Å². The Morgan fingerprint density at radius 3 is 2.65 bits per heavy atom. The number of carbonyl (C=O) groups is 1. The average Bonchev–Trinajstić information content (AvgIpc) is 2.42. The van der Waals surface area contributed by atoms with E-state index in [2.05, 4.69) is 50.5 Å². The molecule has 0 aromatic heterocycles. The minimum absolute atomic E-state index is 0.0999. The Bertz CT molecular complexity index is 476. The predicted molar refractivity (Wildman–Crippen MR) is 82.4 cm³/mol. The van der Waals surface area contributed by atoms with Gasteiger partial charge >= 0.3 is 0 Å². The van der Waals surface area contributed by atoms with Crippen LogP contribution in [-0.4, -0.2) is 18.5 Å². The Kier molecular flexibility index (Phi) is 4.48. The fraction of sp³-hybridized carbons (Fsp3) is 0.588. The van der Waals surface area contributed by atoms with Crippen LogP contribution in [0.1, 0.15) is 38.8 Å². The maximum Gasteiger partial charge on any atom is 0.237 e. The number of fused-ring (bicyclic) bond motifs is 1. The molecule has 1 heterocycles. The van der Waals surface area contributed by atoms with Crippen molar-refractivity contribution in [2.45, 2.75) is 46.7 Å². The highest BCUT2D eigenvalue weighted by Crippen LogP contribution is 2.24. The van der Waals surface area contributed by atoms with E-state index < -0.39 is 0 Å². The molecule has 1 aliphatic heterocycles. The van der Waals surface area contributed by atoms with Crippen LogP contribution in [0, 0.1) is 11.3 Å². The molecule has 0 saturated carbocycles. The molecule has 2 rings (SSSR count). The van der Waals surface area contributed by atoms with E-state index in [1.54, 1.807) is 0 Å². The van der Waals surface area contributed by atoms with E-state index >= 15 is 0 Å². The molecule has 0 aliphatic carbocycles. The molecule has 0 spiro atoms. The number of benzene rings is 1. The van der Waals surface area contributed by atoms with E-state index in [9.17, 15) is 4.79 Å². The van der Waals surface area contributed by atoms with Crippen molar-refractivity contribution < 1.29 is 4.79 Å². The summed E-state index contributed by atoms with van der Waals surface area (Å²) >= 11 is 0. The van der Waals surface area contributed by atoms with Gasteiger partial charge in [-0.1, -0.05) is 52.0 Å². The monoisotopic (exact) mass is 274 g/mol. The number of carbonyl (C=O) groups excluding carboxylic acids is 1. The lowest BCUT2D eigenvalue weighted by Gasteiger charge is -2.29. The summed E-state index contributed by atoms with van der Waals surface area (Å²) in [5.41, 5.74) is 2.81. The zero-order chi connectivity index (χ0) is 14.8. The molecule has 2 atom stereocenters. The van der Waals surface area contributed by atoms with Gasteiger partial charge in [-0.3, -0.25) is 4.79 Å². The van der Waals surface area contributed by atoms with Crippen molar-refractivity contribution >= 4 is 5.91 Å². The molecule has 1 amide bonds. The SMILES string of the molecule is CC(CNC(=O)C1Cc2ccccc2CN1)C(C)(C)C. The average molecular weight is 274 g/mol. The largest absolute Gasteiger partial charge is 0.354 e. The van der Waals surface area contributed by atoms with Gasteiger partial charge in [-0.05, 0) is 28.9 Å². The highest BCUT2D eigenvalue weighted by atomic mass is 16.2. The van der Waals surface area contributed by atoms with Crippen LogP contribution in [0.2, 0.25) is 0 Å². The second kappa shape index (κ2) is 5.96. The van der Waals surface area contributed by atoms with Crippen LogP contribution < -0.4 is 10.6 Å². The van der Waals surface area contributed by atoms with Crippen molar-refractivity contribution in [1.29, 1.82) is 0 Å². The summed E-state index contributed by atoms with van der Waals surface area (Å²) in [6.07, 6.45) is 0.784. The Balaban J connectivity index is 1.89. The number of nitrogens with one attached hydrogen (secondary N) is 2. The van der Waals surface area contributed by atoms with Gasteiger partial charge in [0.1, 0.15) is 0 Å². The normalized spacial score (nSPS) is 20.1. The van der Waals surface area contributed by atoms with Gasteiger partial charge in [0.2, 0.25) is 5.91 Å². The molecule has 0 radical (unpaired) electrons. The first-order chi connectivity index (χ1) is 9.38. The third kappa shape index (κ3) is 3.60. The third-order valence-corrected chi connectivity index (χ3v) is 4.46. The van der Waals surface area contributed by atoms with Crippen molar-refractivity contribution in [3.05, 3.63) is 35.4 Å². The van der Waals surface area contributed by atoms with Crippen molar-refractivity contribution in [2.24, 2.45) is 11.3 Å². The predicted octanol–water partition coefficient (Wildman–Crippen LogP) is 2.50. The molecule has 2 N–H and O–H groups in total. The number of hydrogen-bond donors (Lipinski definition) is 2. The summed E-state index contributed by atoms with van der Waals surface area (Å²) in [7, 11) is 0. The van der Waals surface area contributed by atoms with Crippen LogP contribution in [0.25, 0.3) is 0 Å². The summed E-state index contributed by atoms with van der Waals surface area (Å²) < 4.78 is 0. The number of rotatable bonds is 3. The van der Waals surface area contributed by atoms with Crippen LogP contribution in [0.3, 0.4) is 0 Å². The van der Waals surface area contributed by atoms with Gasteiger partial charge in [0.05, 0.1) is 6.04 Å². The maximum absolute atomic E-state index is 12.3. The highest BCUT2D eigenvalue weighted by molar-refractivity contribution is 5.82. The quantitative estimate of drug-likeness (QED) is 0.889. The molecule has 3 nitrogen and oxygen atoms in total. The summed E-state index contributed by atoms with van der Waals surface area (Å²) in [5, 5.41) is 6.41. The van der Waals surface area contributed by atoms with Crippen molar-refractivity contribution in [3.63, 3.8) is 0 Å². The van der Waals surface area contributed by atoms with Crippen LogP contribution >= 0.6 is 0 Å². The van der Waals surface area contributed by atoms with E-state index in [1.165, 1.54) is 11.1 Å². The van der Waals surface area contributed by atoms with E-state index in [0.717, 1.165) is 19.5 Å². The van der Waals surface area contributed by atoms with Crippen LogP contribution in [0.15, 0.2) is 24.3 Å². The third-order valence-electron chi connectivity index (χ3n) is 4.46. The Morgan fingerprint density at radius 2 is 2.00 bits per heavy atom. The van der Waals surface area contributed by atoms with Gasteiger partial charge in [0, 0.05) is 13.1 Å². The van der Waals surface area contributed by atoms with Gasteiger partial charge < -0.3 is 10.6 Å². The zero-order valence-electron chi connectivity index (χ0n) is 13.0. The first-order valence-electron chi connectivity index (χ1n) is 7.46. The molecular weight excluding hydrogens is 248 g/mol. The molecule has 2 unspecified atom stereocenters. The lowest BCUT2D eigenvalue weighted by molar-refractivity contribution is -0.123. The van der Waals surface area contributed by atoms with Crippen LogP contribution in [-0.2, 0) is 17.8 Å². The summed E-state index contributed by atoms with van der Waals surface area (Å²) in [6.45, 7) is 10.3. The molecule has 0 fully saturated rings. The first kappa shape index (κ1) is 15.0. The molecular formula is C17H26N2O. The zero-order valence-corrected chi connectivity index (χ0v) is 13.0. The summed E-state index contributed by atoms with van der Waals surface area (Å²) in [4.78, 5) is 12.3. The Labute approximate surface area is 122 Å². The fourth-order valence-electron chi connectivity index (χ4n) is 2.32. The molecule has 3 heteroatoms. The lowest BCUT2D eigenvalue weighted by Crippen LogP contribution is -2.49. The fourth-order valence-corrected chi connectivity index (χ4v) is 2.32. The first-order valence-corrected chi connectivity index (χ1v) is 7.46. The van der Waals surface area contributed by atoms with Gasteiger partial charge in [-0.25, -0.2) is 0 Å². The lowest BCUT2D eigenvalue weighted by atomic mass is 9.82. The van der Waals surface area contributed by atoms with E-state index in [0.29, 0.717) is 5.92 Å². The Morgan fingerprint density at radius 1 is 1.35 bits per heavy atom. The van der Waals surface area contributed by atoms with Gasteiger partial charge in [0.15, 0.2) is 0 Å². The minimum Gasteiger partial charge on any atom is -0.354 e. The molecule has 1 aromatic carbocycles. The molecule has 1 aliphatic rings. The molecule has 20 heavy (non-hydrogen) atoms. The molecule has 1 aromatic rings. The second-order valence-electron chi connectivity index (χ2n) is 6.92. The molecule has 110 valence electrons. The summed E-state index contributed by atoms with van der Waals surface area (Å²) in [5.74, 6) is 0.581. The van der Waals surface area contributed by atoms with Crippen molar-refractivity contribution in [1.82, 2.24) is 10.6 Å². The standard InChI is InChI=1S/C17H26N2O/c1-12(17(2,3)4)10-19-16(20)15-9-13-7-5-6-8-14(13)11-18-15/h5-8,12,15,18H,9-11H2,1-4H3,(H,19,20). The second-order valence-corrected chi connectivity index (χ2v) is 6.92. The number of amides is 1. The molecule has 0 saturated heterocycles.